The molecule has 3 rings (SSSR count). The third-order valence-corrected chi connectivity index (χ3v) is 5.00. The van der Waals surface area contributed by atoms with Crippen molar-refractivity contribution < 1.29 is 14.4 Å². The van der Waals surface area contributed by atoms with Gasteiger partial charge >= 0.3 is 6.03 Å². The van der Waals surface area contributed by atoms with E-state index >= 15 is 0 Å². The van der Waals surface area contributed by atoms with Crippen LogP contribution in [0, 0.1) is 13.8 Å². The molecule has 1 saturated heterocycles. The van der Waals surface area contributed by atoms with Gasteiger partial charge < -0.3 is 10.6 Å². The number of carbonyl (C=O) groups is 3. The fraction of sp³-hybridized carbons (Fsp3) is 0.500. The van der Waals surface area contributed by atoms with Gasteiger partial charge in [-0.1, -0.05) is 37.5 Å². The summed E-state index contributed by atoms with van der Waals surface area (Å²) in [6.07, 6.45) is 4.25. The molecule has 1 saturated carbocycles. The molecule has 0 bridgehead atoms. The van der Waals surface area contributed by atoms with Gasteiger partial charge in [0.15, 0.2) is 0 Å². The molecule has 2 fully saturated rings. The summed E-state index contributed by atoms with van der Waals surface area (Å²) >= 11 is 0. The molecule has 0 atom stereocenters. The molecule has 6 nitrogen and oxygen atoms in total. The number of aryl methyl sites for hydroxylation is 2. The Morgan fingerprint density at radius 1 is 1.17 bits per heavy atom. The number of hydrogen-bond donors (Lipinski definition) is 2. The lowest BCUT2D eigenvalue weighted by Gasteiger charge is -2.30. The Morgan fingerprint density at radius 3 is 2.42 bits per heavy atom. The molecule has 1 aromatic rings. The minimum absolute atomic E-state index is 0.250. The van der Waals surface area contributed by atoms with Gasteiger partial charge in [0, 0.05) is 5.69 Å². The van der Waals surface area contributed by atoms with E-state index < -0.39 is 11.6 Å². The number of nitrogens with zero attached hydrogens (tertiary/aromatic N) is 1. The molecule has 4 amide bonds. The summed E-state index contributed by atoms with van der Waals surface area (Å²) < 4.78 is 0. The van der Waals surface area contributed by atoms with Crippen molar-refractivity contribution in [2.24, 2.45) is 0 Å². The van der Waals surface area contributed by atoms with Crippen LogP contribution in [0.2, 0.25) is 0 Å². The number of para-hydroxylation sites is 1. The molecule has 1 aromatic carbocycles. The maximum atomic E-state index is 12.7. The van der Waals surface area contributed by atoms with Crippen LogP contribution < -0.4 is 10.6 Å². The molecule has 2 N–H and O–H groups in total. The van der Waals surface area contributed by atoms with Crippen molar-refractivity contribution in [3.05, 3.63) is 29.3 Å². The number of benzene rings is 1. The van der Waals surface area contributed by atoms with Gasteiger partial charge in [0.05, 0.1) is 0 Å². The highest BCUT2D eigenvalue weighted by Gasteiger charge is 2.51. The zero-order chi connectivity index (χ0) is 17.3. The number of anilines is 1. The van der Waals surface area contributed by atoms with Crippen LogP contribution in [-0.2, 0) is 9.59 Å². The van der Waals surface area contributed by atoms with Crippen molar-refractivity contribution in [3.63, 3.8) is 0 Å². The Balaban J connectivity index is 1.70. The van der Waals surface area contributed by atoms with E-state index in [4.69, 9.17) is 0 Å². The molecule has 6 heteroatoms. The van der Waals surface area contributed by atoms with Crippen molar-refractivity contribution in [1.82, 2.24) is 10.2 Å². The first-order valence-electron chi connectivity index (χ1n) is 8.43. The van der Waals surface area contributed by atoms with Crippen LogP contribution in [-0.4, -0.2) is 34.8 Å². The SMILES string of the molecule is Cc1cccc(C)c1NC(=O)CN1C(=O)NC2(CCCCC2)C1=O. The van der Waals surface area contributed by atoms with E-state index in [1.807, 2.05) is 32.0 Å². The van der Waals surface area contributed by atoms with Crippen LogP contribution in [0.25, 0.3) is 0 Å². The highest BCUT2D eigenvalue weighted by molar-refractivity contribution is 6.10. The summed E-state index contributed by atoms with van der Waals surface area (Å²) in [6, 6.07) is 5.28. The highest BCUT2D eigenvalue weighted by Crippen LogP contribution is 2.33. The second kappa shape index (κ2) is 6.26. The first kappa shape index (κ1) is 16.5. The van der Waals surface area contributed by atoms with Crippen LogP contribution in [0.4, 0.5) is 10.5 Å². The Morgan fingerprint density at radius 2 is 1.79 bits per heavy atom. The topological polar surface area (TPSA) is 78.5 Å². The van der Waals surface area contributed by atoms with E-state index in [0.29, 0.717) is 12.8 Å². The Labute approximate surface area is 141 Å². The Bertz CT molecular complexity index is 672. The Kier molecular flexibility index (Phi) is 4.30. The first-order valence-corrected chi connectivity index (χ1v) is 8.43. The zero-order valence-corrected chi connectivity index (χ0v) is 14.1. The second-order valence-corrected chi connectivity index (χ2v) is 6.78. The molecule has 1 aliphatic heterocycles. The summed E-state index contributed by atoms with van der Waals surface area (Å²) in [4.78, 5) is 38.3. The maximum absolute atomic E-state index is 12.7. The summed E-state index contributed by atoms with van der Waals surface area (Å²) in [5.41, 5.74) is 1.85. The molecule has 1 heterocycles. The van der Waals surface area contributed by atoms with E-state index in [1.54, 1.807) is 0 Å². The zero-order valence-electron chi connectivity index (χ0n) is 14.1. The van der Waals surface area contributed by atoms with Crippen LogP contribution in [0.15, 0.2) is 18.2 Å². The third-order valence-electron chi connectivity index (χ3n) is 5.00. The average molecular weight is 329 g/mol. The van der Waals surface area contributed by atoms with Crippen LogP contribution in [0.1, 0.15) is 43.2 Å². The molecular formula is C18H23N3O3. The van der Waals surface area contributed by atoms with Crippen molar-refractivity contribution in [3.8, 4) is 0 Å². The largest absolute Gasteiger partial charge is 0.325 e. The molecule has 1 spiro atoms. The minimum Gasteiger partial charge on any atom is -0.324 e. The maximum Gasteiger partial charge on any atom is 0.325 e. The predicted molar refractivity (Wildman–Crippen MR) is 90.6 cm³/mol. The van der Waals surface area contributed by atoms with E-state index in [2.05, 4.69) is 10.6 Å². The number of imide groups is 1. The van der Waals surface area contributed by atoms with Gasteiger partial charge in [-0.15, -0.1) is 0 Å². The quantitative estimate of drug-likeness (QED) is 0.836. The van der Waals surface area contributed by atoms with Crippen molar-refractivity contribution in [1.29, 1.82) is 0 Å². The number of rotatable bonds is 3. The molecule has 0 aromatic heterocycles. The predicted octanol–water partition coefficient (Wildman–Crippen LogP) is 2.50. The number of amides is 4. The van der Waals surface area contributed by atoms with Crippen LogP contribution in [0.3, 0.4) is 0 Å². The monoisotopic (exact) mass is 329 g/mol. The van der Waals surface area contributed by atoms with Gasteiger partial charge in [0.2, 0.25) is 5.91 Å². The normalized spacial score (nSPS) is 19.5. The molecule has 2 aliphatic rings. The fourth-order valence-electron chi connectivity index (χ4n) is 3.65. The summed E-state index contributed by atoms with van der Waals surface area (Å²) in [5.74, 6) is -0.618. The van der Waals surface area contributed by atoms with Crippen molar-refractivity contribution in [2.45, 2.75) is 51.5 Å². The average Bonchev–Trinajstić information content (AvgIpc) is 2.76. The van der Waals surface area contributed by atoms with Crippen LogP contribution >= 0.6 is 0 Å². The number of nitrogens with one attached hydrogen (secondary N) is 2. The number of urea groups is 1. The molecular weight excluding hydrogens is 306 g/mol. The second-order valence-electron chi connectivity index (χ2n) is 6.78. The third kappa shape index (κ3) is 2.88. The fourth-order valence-corrected chi connectivity index (χ4v) is 3.65. The van der Waals surface area contributed by atoms with Gasteiger partial charge in [0.1, 0.15) is 12.1 Å². The van der Waals surface area contributed by atoms with Gasteiger partial charge in [-0.25, -0.2) is 4.79 Å². The number of carbonyl (C=O) groups excluding carboxylic acids is 3. The molecule has 0 radical (unpaired) electrons. The first-order chi connectivity index (χ1) is 11.4. The smallest absolute Gasteiger partial charge is 0.324 e. The van der Waals surface area contributed by atoms with Gasteiger partial charge in [-0.05, 0) is 37.8 Å². The molecule has 1 aliphatic carbocycles. The van der Waals surface area contributed by atoms with Gasteiger partial charge in [-0.2, -0.15) is 0 Å². The molecule has 0 unspecified atom stereocenters. The molecule has 128 valence electrons. The van der Waals surface area contributed by atoms with Gasteiger partial charge in [-0.3, -0.25) is 14.5 Å². The minimum atomic E-state index is -0.784. The lowest BCUT2D eigenvalue weighted by atomic mass is 9.82. The summed E-state index contributed by atoms with van der Waals surface area (Å²) in [6.45, 7) is 3.57. The lowest BCUT2D eigenvalue weighted by molar-refractivity contribution is -0.134. The van der Waals surface area contributed by atoms with Crippen LogP contribution in [0.5, 0.6) is 0 Å². The van der Waals surface area contributed by atoms with Gasteiger partial charge in [0.25, 0.3) is 5.91 Å². The van der Waals surface area contributed by atoms with E-state index in [9.17, 15) is 14.4 Å². The standard InChI is InChI=1S/C18H23N3O3/c1-12-7-6-8-13(2)15(12)19-14(22)11-21-16(23)18(20-17(21)24)9-4-3-5-10-18/h6-8H,3-5,9-11H2,1-2H3,(H,19,22)(H,20,24). The summed E-state index contributed by atoms with van der Waals surface area (Å²) in [7, 11) is 0. The van der Waals surface area contributed by atoms with E-state index in [1.165, 1.54) is 0 Å². The van der Waals surface area contributed by atoms with E-state index in [-0.39, 0.29) is 18.4 Å². The molecule has 24 heavy (non-hydrogen) atoms. The van der Waals surface area contributed by atoms with Crippen molar-refractivity contribution >= 4 is 23.5 Å². The summed E-state index contributed by atoms with van der Waals surface area (Å²) in [5, 5.41) is 5.64. The van der Waals surface area contributed by atoms with Crippen molar-refractivity contribution in [2.75, 3.05) is 11.9 Å². The highest BCUT2D eigenvalue weighted by atomic mass is 16.2. The number of hydrogen-bond acceptors (Lipinski definition) is 3. The Hall–Kier alpha value is -2.37. The van der Waals surface area contributed by atoms with E-state index in [0.717, 1.165) is 41.0 Å². The lowest BCUT2D eigenvalue weighted by Crippen LogP contribution is -2.48.